The zero-order chi connectivity index (χ0) is 16.4. The average Bonchev–Trinajstić information content (AvgIpc) is 3.07. The Morgan fingerprint density at radius 2 is 2.04 bits per heavy atom. The fourth-order valence-electron chi connectivity index (χ4n) is 3.22. The highest BCUT2D eigenvalue weighted by Crippen LogP contribution is 2.30. The van der Waals surface area contributed by atoms with Gasteiger partial charge in [-0.2, -0.15) is 0 Å². The van der Waals surface area contributed by atoms with Gasteiger partial charge in [0.15, 0.2) is 16.6 Å². The van der Waals surface area contributed by atoms with Crippen LogP contribution in [-0.2, 0) is 0 Å². The topological polar surface area (TPSA) is 46.6 Å². The normalized spacial score (nSPS) is 21.0. The predicted octanol–water partition coefficient (Wildman–Crippen LogP) is 2.85. The van der Waals surface area contributed by atoms with E-state index >= 15 is 0 Å². The van der Waals surface area contributed by atoms with Crippen LogP contribution in [0.3, 0.4) is 0 Å². The highest BCUT2D eigenvalue weighted by atomic mass is 32.1. The second-order valence-electron chi connectivity index (χ2n) is 6.44. The molecule has 0 unspecified atom stereocenters. The Bertz CT molecular complexity index is 682. The summed E-state index contributed by atoms with van der Waals surface area (Å²) >= 11 is 1.74. The number of fused-ring (bicyclic) bond motifs is 1. The number of nitrogens with zero attached hydrogens (tertiary/aromatic N) is 2. The van der Waals surface area contributed by atoms with Crippen molar-refractivity contribution in [3.8, 4) is 11.5 Å². The predicted molar refractivity (Wildman–Crippen MR) is 96.4 cm³/mol. The number of hydrogen-bond donors (Lipinski definition) is 1. The molecule has 1 fully saturated rings. The van der Waals surface area contributed by atoms with Crippen LogP contribution in [0.5, 0.6) is 11.5 Å². The molecule has 2 aliphatic rings. The number of piperidine rings is 1. The molecular formula is C18H23N3O2S. The minimum atomic E-state index is 0.0829. The van der Waals surface area contributed by atoms with Crippen LogP contribution in [-0.4, -0.2) is 43.4 Å². The maximum Gasteiger partial charge on any atom is 0.185 e. The lowest BCUT2D eigenvalue weighted by Gasteiger charge is -2.33. The smallest absolute Gasteiger partial charge is 0.185 e. The van der Waals surface area contributed by atoms with Gasteiger partial charge >= 0.3 is 0 Å². The average molecular weight is 345 g/mol. The Balaban J connectivity index is 1.24. The maximum atomic E-state index is 6.01. The summed E-state index contributed by atoms with van der Waals surface area (Å²) in [5.41, 5.74) is 1.12. The van der Waals surface area contributed by atoms with Crippen molar-refractivity contribution in [1.82, 2.24) is 10.3 Å². The van der Waals surface area contributed by atoms with Crippen molar-refractivity contribution in [2.24, 2.45) is 0 Å². The van der Waals surface area contributed by atoms with Gasteiger partial charge in [-0.25, -0.2) is 4.98 Å². The molecule has 24 heavy (non-hydrogen) atoms. The number of hydrogen-bond acceptors (Lipinski definition) is 6. The lowest BCUT2D eigenvalue weighted by atomic mass is 10.1. The first-order valence-corrected chi connectivity index (χ1v) is 9.45. The van der Waals surface area contributed by atoms with Crippen LogP contribution < -0.4 is 19.7 Å². The summed E-state index contributed by atoms with van der Waals surface area (Å²) in [5.74, 6) is 1.70. The third kappa shape index (κ3) is 3.49. The summed E-state index contributed by atoms with van der Waals surface area (Å²) in [7, 11) is 0. The van der Waals surface area contributed by atoms with E-state index in [4.69, 9.17) is 9.47 Å². The highest BCUT2D eigenvalue weighted by Gasteiger charge is 2.24. The molecule has 1 aromatic carbocycles. The number of ether oxygens (including phenoxy) is 2. The van der Waals surface area contributed by atoms with E-state index in [1.807, 2.05) is 24.3 Å². The van der Waals surface area contributed by atoms with Crippen molar-refractivity contribution in [2.75, 3.05) is 31.1 Å². The van der Waals surface area contributed by atoms with E-state index in [1.165, 1.54) is 0 Å². The molecule has 1 atom stereocenters. The molecule has 0 bridgehead atoms. The van der Waals surface area contributed by atoms with Crippen LogP contribution in [0.25, 0.3) is 0 Å². The van der Waals surface area contributed by atoms with E-state index < -0.39 is 0 Å². The second kappa shape index (κ2) is 6.99. The Kier molecular flexibility index (Phi) is 4.58. The summed E-state index contributed by atoms with van der Waals surface area (Å²) < 4.78 is 11.8. The number of rotatable bonds is 4. The molecule has 2 aliphatic heterocycles. The largest absolute Gasteiger partial charge is 0.486 e. The van der Waals surface area contributed by atoms with Crippen molar-refractivity contribution in [1.29, 1.82) is 0 Å². The first kappa shape index (κ1) is 15.7. The summed E-state index contributed by atoms with van der Waals surface area (Å²) in [6.45, 7) is 5.63. The van der Waals surface area contributed by atoms with Crippen molar-refractivity contribution in [3.05, 3.63) is 35.3 Å². The standard InChI is InChI=1S/C18H23N3O2S/c1-13-12-24-18(20-13)21-8-6-14(7-9-21)19-10-15-11-22-16-4-2-3-5-17(16)23-15/h2-5,12,14-15,19H,6-11H2,1H3/t15-/m0/s1. The SMILES string of the molecule is Cc1csc(N2CCC(NC[C@H]3COc4ccccc4O3)CC2)n1. The summed E-state index contributed by atoms with van der Waals surface area (Å²) in [6, 6.07) is 8.42. The number of benzene rings is 1. The molecular weight excluding hydrogens is 322 g/mol. The fraction of sp³-hybridized carbons (Fsp3) is 0.500. The molecule has 0 radical (unpaired) electrons. The van der Waals surface area contributed by atoms with Crippen molar-refractivity contribution < 1.29 is 9.47 Å². The van der Waals surface area contributed by atoms with E-state index in [2.05, 4.69) is 27.5 Å². The monoisotopic (exact) mass is 345 g/mol. The molecule has 128 valence electrons. The summed E-state index contributed by atoms with van der Waals surface area (Å²) in [5, 5.41) is 6.93. The summed E-state index contributed by atoms with van der Waals surface area (Å²) in [4.78, 5) is 6.98. The number of aryl methyl sites for hydroxylation is 1. The molecule has 0 saturated carbocycles. The number of anilines is 1. The van der Waals surface area contributed by atoms with Crippen LogP contribution in [0.15, 0.2) is 29.6 Å². The van der Waals surface area contributed by atoms with E-state index in [-0.39, 0.29) is 6.10 Å². The Hall–Kier alpha value is -1.79. The molecule has 0 amide bonds. The van der Waals surface area contributed by atoms with Crippen LogP contribution in [0.4, 0.5) is 5.13 Å². The Morgan fingerprint density at radius 3 is 2.79 bits per heavy atom. The molecule has 4 rings (SSSR count). The van der Waals surface area contributed by atoms with Gasteiger partial charge in [0.2, 0.25) is 0 Å². The molecule has 0 aliphatic carbocycles. The molecule has 1 aromatic heterocycles. The molecule has 2 aromatic rings. The van der Waals surface area contributed by atoms with Crippen molar-refractivity contribution >= 4 is 16.5 Å². The van der Waals surface area contributed by atoms with Gasteiger partial charge in [-0.05, 0) is 31.9 Å². The van der Waals surface area contributed by atoms with Crippen LogP contribution in [0.1, 0.15) is 18.5 Å². The van der Waals surface area contributed by atoms with Crippen LogP contribution in [0, 0.1) is 6.92 Å². The quantitative estimate of drug-likeness (QED) is 0.923. The third-order valence-corrected chi connectivity index (χ3v) is 5.59. The third-order valence-electron chi connectivity index (χ3n) is 4.57. The highest BCUT2D eigenvalue weighted by molar-refractivity contribution is 7.13. The van der Waals surface area contributed by atoms with Gasteiger partial charge in [0.1, 0.15) is 12.7 Å². The van der Waals surface area contributed by atoms with Gasteiger partial charge in [-0.15, -0.1) is 11.3 Å². The molecule has 3 heterocycles. The number of nitrogens with one attached hydrogen (secondary N) is 1. The van der Waals surface area contributed by atoms with Crippen molar-refractivity contribution in [2.45, 2.75) is 31.9 Å². The van der Waals surface area contributed by atoms with Gasteiger partial charge in [0, 0.05) is 31.1 Å². The van der Waals surface area contributed by atoms with Gasteiger partial charge in [0.25, 0.3) is 0 Å². The van der Waals surface area contributed by atoms with E-state index in [0.29, 0.717) is 12.6 Å². The van der Waals surface area contributed by atoms with Crippen LogP contribution >= 0.6 is 11.3 Å². The van der Waals surface area contributed by atoms with E-state index in [0.717, 1.165) is 54.8 Å². The second-order valence-corrected chi connectivity index (χ2v) is 7.28. The van der Waals surface area contributed by atoms with Gasteiger partial charge in [0.05, 0.1) is 5.69 Å². The molecule has 1 N–H and O–H groups in total. The molecule has 1 saturated heterocycles. The van der Waals surface area contributed by atoms with Crippen LogP contribution in [0.2, 0.25) is 0 Å². The lowest BCUT2D eigenvalue weighted by Crippen LogP contribution is -2.47. The molecule has 0 spiro atoms. The number of thiazole rings is 1. The fourth-order valence-corrected chi connectivity index (χ4v) is 4.08. The lowest BCUT2D eigenvalue weighted by molar-refractivity contribution is 0.0873. The zero-order valence-corrected chi connectivity index (χ0v) is 14.7. The number of aromatic nitrogens is 1. The molecule has 6 heteroatoms. The molecule has 5 nitrogen and oxygen atoms in total. The first-order chi connectivity index (χ1) is 11.8. The summed E-state index contributed by atoms with van der Waals surface area (Å²) in [6.07, 6.45) is 2.37. The van der Waals surface area contributed by atoms with E-state index in [1.54, 1.807) is 11.3 Å². The van der Waals surface area contributed by atoms with Gasteiger partial charge in [-0.1, -0.05) is 12.1 Å². The Labute approximate surface area is 146 Å². The van der Waals surface area contributed by atoms with Gasteiger partial charge < -0.3 is 19.7 Å². The number of para-hydroxylation sites is 2. The maximum absolute atomic E-state index is 6.01. The van der Waals surface area contributed by atoms with Crippen molar-refractivity contribution in [3.63, 3.8) is 0 Å². The Morgan fingerprint density at radius 1 is 1.25 bits per heavy atom. The zero-order valence-electron chi connectivity index (χ0n) is 13.9. The first-order valence-electron chi connectivity index (χ1n) is 8.57. The minimum Gasteiger partial charge on any atom is -0.486 e. The van der Waals surface area contributed by atoms with Gasteiger partial charge in [-0.3, -0.25) is 0 Å². The van der Waals surface area contributed by atoms with E-state index in [9.17, 15) is 0 Å². The minimum absolute atomic E-state index is 0.0829.